The van der Waals surface area contributed by atoms with Crippen molar-refractivity contribution in [3.8, 4) is 22.9 Å². The van der Waals surface area contributed by atoms with Gasteiger partial charge < -0.3 is 15.3 Å². The van der Waals surface area contributed by atoms with Crippen LogP contribution in [0, 0.1) is 10.1 Å². The Kier molecular flexibility index (Phi) is 5.69. The predicted octanol–water partition coefficient (Wildman–Crippen LogP) is 3.44. The second-order valence-corrected chi connectivity index (χ2v) is 7.17. The lowest BCUT2D eigenvalue weighted by Gasteiger charge is -2.11. The van der Waals surface area contributed by atoms with Gasteiger partial charge in [0, 0.05) is 22.9 Å². The number of thioether (sulfide) groups is 1. The molecule has 1 aromatic heterocycles. The average molecular weight is 401 g/mol. The van der Waals surface area contributed by atoms with E-state index in [1.54, 1.807) is 38.5 Å². The van der Waals surface area contributed by atoms with Crippen molar-refractivity contribution in [3.05, 3.63) is 58.1 Å². The first-order valence-corrected chi connectivity index (χ1v) is 9.16. The molecule has 1 atom stereocenters. The number of nitrogens with zero attached hydrogens (tertiary/aromatic N) is 4. The number of rotatable bonds is 7. The number of nitro groups is 1. The third kappa shape index (κ3) is 3.86. The molecule has 0 fully saturated rings. The second kappa shape index (κ2) is 8.17. The van der Waals surface area contributed by atoms with Gasteiger partial charge in [-0.2, -0.15) is 0 Å². The van der Waals surface area contributed by atoms with Crippen molar-refractivity contribution in [2.45, 2.75) is 17.3 Å². The molecule has 146 valence electrons. The molecule has 9 nitrogen and oxygen atoms in total. The van der Waals surface area contributed by atoms with E-state index in [-0.39, 0.29) is 10.9 Å². The monoisotopic (exact) mass is 401 g/mol. The van der Waals surface area contributed by atoms with Crippen molar-refractivity contribution in [2.75, 3.05) is 20.1 Å². The van der Waals surface area contributed by atoms with Gasteiger partial charge in [0.05, 0.1) is 19.1 Å². The maximum Gasteiger partial charge on any atom is 0.269 e. The number of hydrogen-bond donors (Lipinski definition) is 1. The standard InChI is InChI=1S/C18H19N5O4S/c1-11(12-5-4-6-14(9-12)23(24)25)28-18-21-20-17(22(18)19)13-7-8-15(26-2)16(10-13)27-3/h4-11H,19H2,1-3H3. The lowest BCUT2D eigenvalue weighted by Crippen LogP contribution is -2.12. The summed E-state index contributed by atoms with van der Waals surface area (Å²) in [5, 5.41) is 19.7. The number of hydrogen-bond acceptors (Lipinski definition) is 8. The Hall–Kier alpha value is -3.27. The Morgan fingerprint density at radius 1 is 1.14 bits per heavy atom. The van der Waals surface area contributed by atoms with Crippen molar-refractivity contribution >= 4 is 17.4 Å². The minimum absolute atomic E-state index is 0.0465. The maximum absolute atomic E-state index is 11.0. The van der Waals surface area contributed by atoms with Crippen LogP contribution in [0.1, 0.15) is 17.7 Å². The molecule has 3 rings (SSSR count). The maximum atomic E-state index is 11.0. The van der Waals surface area contributed by atoms with Gasteiger partial charge in [0.25, 0.3) is 5.69 Å². The van der Waals surface area contributed by atoms with E-state index in [1.807, 2.05) is 19.1 Å². The molecule has 3 aromatic rings. The molecular formula is C18H19N5O4S. The van der Waals surface area contributed by atoms with Gasteiger partial charge in [0.2, 0.25) is 5.16 Å². The van der Waals surface area contributed by atoms with Gasteiger partial charge in [-0.25, -0.2) is 4.68 Å². The summed E-state index contributed by atoms with van der Waals surface area (Å²) in [6.45, 7) is 1.93. The molecule has 0 radical (unpaired) electrons. The van der Waals surface area contributed by atoms with Gasteiger partial charge in [0.15, 0.2) is 17.3 Å². The summed E-state index contributed by atoms with van der Waals surface area (Å²) in [6, 6.07) is 11.8. The van der Waals surface area contributed by atoms with Crippen LogP contribution in [0.15, 0.2) is 47.6 Å². The minimum Gasteiger partial charge on any atom is -0.493 e. The highest BCUT2D eigenvalue weighted by Crippen LogP contribution is 2.36. The van der Waals surface area contributed by atoms with Crippen LogP contribution in [0.3, 0.4) is 0 Å². The molecule has 0 bridgehead atoms. The number of nitrogen functional groups attached to an aromatic ring is 1. The van der Waals surface area contributed by atoms with Crippen LogP contribution in [0.4, 0.5) is 5.69 Å². The first-order valence-electron chi connectivity index (χ1n) is 8.28. The summed E-state index contributed by atoms with van der Waals surface area (Å²) < 4.78 is 11.9. The highest BCUT2D eigenvalue weighted by Gasteiger charge is 2.18. The molecule has 0 saturated carbocycles. The zero-order valence-corrected chi connectivity index (χ0v) is 16.3. The summed E-state index contributed by atoms with van der Waals surface area (Å²) in [4.78, 5) is 10.6. The van der Waals surface area contributed by atoms with E-state index in [0.29, 0.717) is 22.5 Å². The first-order chi connectivity index (χ1) is 13.4. The second-order valence-electron chi connectivity index (χ2n) is 5.86. The van der Waals surface area contributed by atoms with E-state index in [4.69, 9.17) is 15.3 Å². The molecule has 0 saturated heterocycles. The summed E-state index contributed by atoms with van der Waals surface area (Å²) in [6.07, 6.45) is 0. The van der Waals surface area contributed by atoms with Crippen LogP contribution in [-0.4, -0.2) is 34.0 Å². The Labute approximate surface area is 165 Å². The third-order valence-electron chi connectivity index (χ3n) is 4.14. The fourth-order valence-electron chi connectivity index (χ4n) is 2.65. The Balaban J connectivity index is 1.85. The van der Waals surface area contributed by atoms with Gasteiger partial charge in [-0.1, -0.05) is 23.9 Å². The molecule has 0 amide bonds. The zero-order valence-electron chi connectivity index (χ0n) is 15.5. The molecule has 0 aliphatic rings. The zero-order chi connectivity index (χ0) is 20.3. The summed E-state index contributed by atoms with van der Waals surface area (Å²) in [5.41, 5.74) is 1.57. The number of methoxy groups -OCH3 is 2. The predicted molar refractivity (Wildman–Crippen MR) is 106 cm³/mol. The smallest absolute Gasteiger partial charge is 0.269 e. The van der Waals surface area contributed by atoms with E-state index >= 15 is 0 Å². The van der Waals surface area contributed by atoms with Crippen LogP contribution in [-0.2, 0) is 0 Å². The molecule has 2 aromatic carbocycles. The number of nitrogens with two attached hydrogens (primary N) is 1. The number of non-ortho nitro benzene ring substituents is 1. The summed E-state index contributed by atoms with van der Waals surface area (Å²) >= 11 is 1.36. The normalized spacial score (nSPS) is 11.8. The largest absolute Gasteiger partial charge is 0.493 e. The van der Waals surface area contributed by atoms with Crippen LogP contribution >= 0.6 is 11.8 Å². The van der Waals surface area contributed by atoms with Crippen LogP contribution < -0.4 is 15.3 Å². The quantitative estimate of drug-likeness (QED) is 0.277. The van der Waals surface area contributed by atoms with Crippen molar-refractivity contribution in [3.63, 3.8) is 0 Å². The summed E-state index contributed by atoms with van der Waals surface area (Å²) in [5.74, 6) is 7.82. The highest BCUT2D eigenvalue weighted by atomic mass is 32.2. The lowest BCUT2D eigenvalue weighted by atomic mass is 10.1. The number of ether oxygens (including phenoxy) is 2. The Bertz CT molecular complexity index is 1010. The summed E-state index contributed by atoms with van der Waals surface area (Å²) in [7, 11) is 3.11. The van der Waals surface area contributed by atoms with Crippen LogP contribution in [0.5, 0.6) is 11.5 Å². The van der Waals surface area contributed by atoms with Gasteiger partial charge >= 0.3 is 0 Å². The molecular weight excluding hydrogens is 382 g/mol. The van der Waals surface area contributed by atoms with Crippen molar-refractivity contribution in [1.82, 2.24) is 14.9 Å². The molecule has 0 aliphatic heterocycles. The van der Waals surface area contributed by atoms with E-state index in [9.17, 15) is 10.1 Å². The SMILES string of the molecule is COc1ccc(-c2nnc(SC(C)c3cccc([N+](=O)[O-])c3)n2N)cc1OC. The number of nitro benzene ring substituents is 1. The molecule has 1 unspecified atom stereocenters. The van der Waals surface area contributed by atoms with E-state index in [0.717, 1.165) is 11.1 Å². The lowest BCUT2D eigenvalue weighted by molar-refractivity contribution is -0.384. The van der Waals surface area contributed by atoms with Crippen molar-refractivity contribution in [1.29, 1.82) is 0 Å². The van der Waals surface area contributed by atoms with Gasteiger partial charge in [0.1, 0.15) is 0 Å². The molecule has 2 N–H and O–H groups in total. The Morgan fingerprint density at radius 2 is 1.89 bits per heavy atom. The van der Waals surface area contributed by atoms with E-state index < -0.39 is 4.92 Å². The van der Waals surface area contributed by atoms with Crippen LogP contribution in [0.2, 0.25) is 0 Å². The minimum atomic E-state index is -0.415. The molecule has 10 heteroatoms. The molecule has 1 heterocycles. The average Bonchev–Trinajstić information content (AvgIpc) is 3.07. The van der Waals surface area contributed by atoms with E-state index in [1.165, 1.54) is 22.5 Å². The molecule has 0 spiro atoms. The van der Waals surface area contributed by atoms with Crippen molar-refractivity contribution in [2.24, 2.45) is 0 Å². The van der Waals surface area contributed by atoms with Gasteiger partial charge in [-0.15, -0.1) is 10.2 Å². The number of aromatic nitrogens is 3. The first kappa shape index (κ1) is 19.5. The van der Waals surface area contributed by atoms with E-state index in [2.05, 4.69) is 10.2 Å². The van der Waals surface area contributed by atoms with Crippen LogP contribution in [0.25, 0.3) is 11.4 Å². The Morgan fingerprint density at radius 3 is 2.57 bits per heavy atom. The molecule has 0 aliphatic carbocycles. The van der Waals surface area contributed by atoms with Gasteiger partial charge in [-0.3, -0.25) is 10.1 Å². The van der Waals surface area contributed by atoms with Gasteiger partial charge in [-0.05, 0) is 30.7 Å². The van der Waals surface area contributed by atoms with Crippen molar-refractivity contribution < 1.29 is 14.4 Å². The topological polar surface area (TPSA) is 118 Å². The molecule has 28 heavy (non-hydrogen) atoms. The third-order valence-corrected chi connectivity index (χ3v) is 5.25. The fraction of sp³-hybridized carbons (Fsp3) is 0.222. The number of benzene rings is 2. The fourth-order valence-corrected chi connectivity index (χ4v) is 3.53. The highest BCUT2D eigenvalue weighted by molar-refractivity contribution is 7.99.